The van der Waals surface area contributed by atoms with Crippen molar-refractivity contribution < 1.29 is 45.1 Å². The van der Waals surface area contributed by atoms with Gasteiger partial charge in [0.25, 0.3) is 0 Å². The molecule has 2 heterocycles. The van der Waals surface area contributed by atoms with Crippen molar-refractivity contribution >= 4 is 43.8 Å². The van der Waals surface area contributed by atoms with E-state index in [2.05, 4.69) is 15.9 Å². The van der Waals surface area contributed by atoms with Crippen LogP contribution in [0.4, 0.5) is 26.3 Å². The van der Waals surface area contributed by atoms with Crippen molar-refractivity contribution in [1.29, 1.82) is 0 Å². The van der Waals surface area contributed by atoms with Gasteiger partial charge in [0.15, 0.2) is 0 Å². The summed E-state index contributed by atoms with van der Waals surface area (Å²) in [5.41, 5.74) is 2.57. The minimum atomic E-state index is -4.40. The fourth-order valence-corrected chi connectivity index (χ4v) is 6.00. The largest absolute Gasteiger partial charge is 0.478 e. The SMILES string of the molecule is FC(F)(F)c1cccc(Cc2cc3cccc(Br)c3o2)c1.O=C(O)c1cccc(-c2cccc3cc(Cc4cccc(C(F)(F)F)c4)oc23)c1. The maximum absolute atomic E-state index is 12.9. The Morgan fingerprint density at radius 3 is 1.64 bits per heavy atom. The van der Waals surface area contributed by atoms with E-state index in [9.17, 15) is 36.2 Å². The van der Waals surface area contributed by atoms with Crippen molar-refractivity contribution in [3.63, 3.8) is 0 Å². The molecule has 254 valence electrons. The van der Waals surface area contributed by atoms with E-state index in [1.807, 2.05) is 42.5 Å². The predicted molar refractivity (Wildman–Crippen MR) is 181 cm³/mol. The molecule has 0 aliphatic heterocycles. The minimum absolute atomic E-state index is 0.162. The molecule has 0 unspecified atom stereocenters. The number of carboxylic acids is 1. The average molecular weight is 752 g/mol. The normalized spacial score (nSPS) is 11.8. The fraction of sp³-hybridized carbons (Fsp3) is 0.103. The third kappa shape index (κ3) is 7.94. The van der Waals surface area contributed by atoms with E-state index < -0.39 is 29.4 Å². The molecule has 2 aromatic heterocycles. The molecule has 4 nitrogen and oxygen atoms in total. The molecule has 1 N–H and O–H groups in total. The summed E-state index contributed by atoms with van der Waals surface area (Å²) in [7, 11) is 0. The van der Waals surface area contributed by atoms with Gasteiger partial charge in [-0.05, 0) is 75.1 Å². The number of halogens is 7. The Kier molecular flexibility index (Phi) is 9.62. The van der Waals surface area contributed by atoms with Gasteiger partial charge in [-0.3, -0.25) is 0 Å². The van der Waals surface area contributed by atoms with Crippen LogP contribution in [0.15, 0.2) is 135 Å². The molecule has 0 aliphatic carbocycles. The van der Waals surface area contributed by atoms with Crippen LogP contribution in [0, 0.1) is 0 Å². The lowest BCUT2D eigenvalue weighted by atomic mass is 10.0. The number of carbonyl (C=O) groups is 1. The molecule has 7 rings (SSSR count). The zero-order chi connectivity index (χ0) is 35.6. The van der Waals surface area contributed by atoms with Crippen LogP contribution in [0.3, 0.4) is 0 Å². The highest BCUT2D eigenvalue weighted by atomic mass is 79.9. The third-order valence-corrected chi connectivity index (χ3v) is 8.45. The van der Waals surface area contributed by atoms with Gasteiger partial charge in [-0.15, -0.1) is 0 Å². The number of carboxylic acid groups (broad SMARTS) is 1. The number of fused-ring (bicyclic) bond motifs is 2. The first-order valence-electron chi connectivity index (χ1n) is 15.1. The Morgan fingerprint density at radius 2 is 1.10 bits per heavy atom. The second kappa shape index (κ2) is 13.9. The predicted octanol–water partition coefficient (Wildman–Crippen LogP) is 12.2. The maximum Gasteiger partial charge on any atom is 0.416 e. The monoisotopic (exact) mass is 750 g/mol. The lowest BCUT2D eigenvalue weighted by Crippen LogP contribution is -2.05. The Bertz CT molecular complexity index is 2320. The molecule has 50 heavy (non-hydrogen) atoms. The van der Waals surface area contributed by atoms with Crippen molar-refractivity contribution in [1.82, 2.24) is 0 Å². The summed E-state index contributed by atoms with van der Waals surface area (Å²) in [6.07, 6.45) is -8.18. The number of rotatable bonds is 6. The van der Waals surface area contributed by atoms with Crippen molar-refractivity contribution in [3.8, 4) is 11.1 Å². The molecule has 0 radical (unpaired) electrons. The first kappa shape index (κ1) is 34.6. The molecule has 0 amide bonds. The maximum atomic E-state index is 12.9. The van der Waals surface area contributed by atoms with Gasteiger partial charge >= 0.3 is 18.3 Å². The number of alkyl halides is 6. The van der Waals surface area contributed by atoms with Crippen LogP contribution < -0.4 is 0 Å². The summed E-state index contributed by atoms with van der Waals surface area (Å²) in [5, 5.41) is 10.9. The molecule has 0 saturated carbocycles. The van der Waals surface area contributed by atoms with Gasteiger partial charge in [-0.25, -0.2) is 4.79 Å². The van der Waals surface area contributed by atoms with Crippen molar-refractivity contribution in [2.45, 2.75) is 25.2 Å². The number of hydrogen-bond acceptors (Lipinski definition) is 3. The summed E-state index contributed by atoms with van der Waals surface area (Å²) in [6.45, 7) is 0. The first-order chi connectivity index (χ1) is 23.7. The van der Waals surface area contributed by atoms with E-state index >= 15 is 0 Å². The summed E-state index contributed by atoms with van der Waals surface area (Å²) < 4.78 is 89.4. The first-order valence-corrected chi connectivity index (χ1v) is 15.9. The second-order valence-electron chi connectivity index (χ2n) is 11.4. The summed E-state index contributed by atoms with van der Waals surface area (Å²) >= 11 is 3.39. The topological polar surface area (TPSA) is 63.6 Å². The van der Waals surface area contributed by atoms with Crippen molar-refractivity contribution in [2.75, 3.05) is 0 Å². The van der Waals surface area contributed by atoms with Gasteiger partial charge in [0.1, 0.15) is 22.7 Å². The summed E-state index contributed by atoms with van der Waals surface area (Å²) in [5.74, 6) is 0.140. The Hall–Kier alpha value is -5.29. The quantitative estimate of drug-likeness (QED) is 0.172. The Labute approximate surface area is 289 Å². The van der Waals surface area contributed by atoms with Gasteiger partial charge in [-0.2, -0.15) is 26.3 Å². The van der Waals surface area contributed by atoms with Gasteiger partial charge in [0.2, 0.25) is 0 Å². The van der Waals surface area contributed by atoms with Crippen LogP contribution >= 0.6 is 15.9 Å². The number of benzene rings is 5. The molecular formula is C39H25BrF6O4. The van der Waals surface area contributed by atoms with Crippen LogP contribution in [0.25, 0.3) is 33.1 Å². The summed E-state index contributed by atoms with van der Waals surface area (Å²) in [4.78, 5) is 11.2. The highest BCUT2D eigenvalue weighted by molar-refractivity contribution is 9.10. The fourth-order valence-electron chi connectivity index (χ4n) is 5.54. The lowest BCUT2D eigenvalue weighted by Gasteiger charge is -2.08. The minimum Gasteiger partial charge on any atom is -0.478 e. The third-order valence-electron chi connectivity index (χ3n) is 7.83. The van der Waals surface area contributed by atoms with Crippen LogP contribution in [-0.4, -0.2) is 11.1 Å². The Balaban J connectivity index is 0.000000182. The standard InChI is InChI=1S/C23H15F3O3.C16H10BrF3O/c24-23(25,26)18-8-1-4-14(10-18)11-19-13-16-6-3-9-20(21(16)29-19)15-5-2-7-17(12-15)22(27)28;17-14-6-2-4-11-9-13(21-15(11)14)8-10-3-1-5-12(7-10)16(18,19)20/h1-10,12-13H,11H2,(H,27,28);1-7,9H,8H2. The lowest BCUT2D eigenvalue weighted by molar-refractivity contribution is -0.138. The molecular weight excluding hydrogens is 726 g/mol. The van der Waals surface area contributed by atoms with Crippen molar-refractivity contribution in [2.24, 2.45) is 0 Å². The molecule has 11 heteroatoms. The highest BCUT2D eigenvalue weighted by Crippen LogP contribution is 2.35. The van der Waals surface area contributed by atoms with Crippen molar-refractivity contribution in [3.05, 3.63) is 165 Å². The van der Waals surface area contributed by atoms with Gasteiger partial charge in [-0.1, -0.05) is 78.9 Å². The van der Waals surface area contributed by atoms with Gasteiger partial charge < -0.3 is 13.9 Å². The second-order valence-corrected chi connectivity index (χ2v) is 12.3. The highest BCUT2D eigenvalue weighted by Gasteiger charge is 2.31. The van der Waals surface area contributed by atoms with E-state index in [0.29, 0.717) is 45.8 Å². The van der Waals surface area contributed by atoms with E-state index in [1.54, 1.807) is 36.4 Å². The molecule has 0 aliphatic rings. The van der Waals surface area contributed by atoms with Crippen LogP contribution in [-0.2, 0) is 25.2 Å². The zero-order valence-electron chi connectivity index (χ0n) is 25.8. The van der Waals surface area contributed by atoms with E-state index in [0.717, 1.165) is 45.1 Å². The molecule has 0 spiro atoms. The smallest absolute Gasteiger partial charge is 0.416 e. The van der Waals surface area contributed by atoms with Crippen LogP contribution in [0.5, 0.6) is 0 Å². The number of furan rings is 2. The van der Waals surface area contributed by atoms with Gasteiger partial charge in [0.05, 0.1) is 21.2 Å². The average Bonchev–Trinajstić information content (AvgIpc) is 3.68. The molecule has 0 atom stereocenters. The molecule has 0 saturated heterocycles. The molecule has 0 bridgehead atoms. The summed E-state index contributed by atoms with van der Waals surface area (Å²) in [6, 6.07) is 31.8. The molecule has 7 aromatic rings. The van der Waals surface area contributed by atoms with E-state index in [1.165, 1.54) is 18.2 Å². The number of aromatic carboxylic acids is 1. The van der Waals surface area contributed by atoms with Crippen LogP contribution in [0.2, 0.25) is 0 Å². The molecule has 0 fully saturated rings. The van der Waals surface area contributed by atoms with Crippen LogP contribution in [0.1, 0.15) is 44.1 Å². The number of hydrogen-bond donors (Lipinski definition) is 1. The zero-order valence-corrected chi connectivity index (χ0v) is 27.4. The molecule has 5 aromatic carbocycles. The van der Waals surface area contributed by atoms with Gasteiger partial charge in [0, 0.05) is 29.2 Å². The van der Waals surface area contributed by atoms with E-state index in [4.69, 9.17) is 8.83 Å². The number of para-hydroxylation sites is 2. The van der Waals surface area contributed by atoms with E-state index in [-0.39, 0.29) is 12.0 Å². The Morgan fingerprint density at radius 1 is 0.600 bits per heavy atom.